The van der Waals surface area contributed by atoms with Gasteiger partial charge < -0.3 is 23.9 Å². The van der Waals surface area contributed by atoms with Gasteiger partial charge in [0.25, 0.3) is 0 Å². The molecule has 3 fully saturated rings. The first kappa shape index (κ1) is 28.5. The molecule has 0 saturated carbocycles. The van der Waals surface area contributed by atoms with Crippen LogP contribution in [0.15, 0.2) is 65.6 Å². The van der Waals surface area contributed by atoms with E-state index in [1.165, 1.54) is 0 Å². The van der Waals surface area contributed by atoms with Crippen molar-refractivity contribution in [3.8, 4) is 23.2 Å². The zero-order valence-corrected chi connectivity index (χ0v) is 24.9. The SMILES string of the molecule is C[C@H](OC1CCCCO1)c1nccn1Cc1cc(-c2ccc(C#Cc3ccc(CN4CC5(CNC(=O)C5)C4)nc3)cc2)on1. The first-order chi connectivity index (χ1) is 21.5. The number of benzene rings is 1. The number of amides is 1. The summed E-state index contributed by atoms with van der Waals surface area (Å²) in [6, 6.07) is 13.9. The van der Waals surface area contributed by atoms with E-state index >= 15 is 0 Å². The van der Waals surface area contributed by atoms with Gasteiger partial charge in [0.15, 0.2) is 12.1 Å². The topological polar surface area (TPSA) is 108 Å². The summed E-state index contributed by atoms with van der Waals surface area (Å²) < 4.78 is 19.6. The van der Waals surface area contributed by atoms with E-state index in [0.717, 1.165) is 86.0 Å². The maximum absolute atomic E-state index is 11.6. The van der Waals surface area contributed by atoms with Crippen molar-refractivity contribution in [2.45, 2.75) is 58.1 Å². The summed E-state index contributed by atoms with van der Waals surface area (Å²) >= 11 is 0. The number of likely N-dealkylation sites (tertiary alicyclic amines) is 1. The molecular weight excluding hydrogens is 556 g/mol. The van der Waals surface area contributed by atoms with Crippen molar-refractivity contribution < 1.29 is 18.8 Å². The second-order valence-corrected chi connectivity index (χ2v) is 12.1. The van der Waals surface area contributed by atoms with Crippen molar-refractivity contribution in [1.29, 1.82) is 0 Å². The molecule has 1 aromatic carbocycles. The van der Waals surface area contributed by atoms with Crippen molar-refractivity contribution in [1.82, 2.24) is 29.9 Å². The van der Waals surface area contributed by atoms with Crippen LogP contribution in [-0.2, 0) is 27.4 Å². The molecule has 0 bridgehead atoms. The predicted octanol–water partition coefficient (Wildman–Crippen LogP) is 4.31. The Morgan fingerprint density at radius 2 is 1.91 bits per heavy atom. The summed E-state index contributed by atoms with van der Waals surface area (Å²) in [5.74, 6) is 8.14. The second-order valence-electron chi connectivity index (χ2n) is 12.1. The fraction of sp³-hybridized carbons (Fsp3) is 0.412. The Kier molecular flexibility index (Phi) is 8.00. The minimum Gasteiger partial charge on any atom is -0.356 e. The standard InChI is InChI=1S/C34H36N6O4/c1-24(43-32-4-2-3-15-42-32)33-35-13-14-40(33)20-29-16-30(44-38-29)27-10-7-25(8-11-27)5-6-26-9-12-28(36-18-26)19-39-22-34(23-39)17-31(41)37-21-34/h7-14,16,18,24,32H,2-4,15,17,19-23H2,1H3,(H,37,41)/t24-,32?/m0/s1. The number of pyridine rings is 1. The molecule has 44 heavy (non-hydrogen) atoms. The normalized spacial score (nSPS) is 20.1. The summed E-state index contributed by atoms with van der Waals surface area (Å²) in [6.07, 6.45) is 8.94. The van der Waals surface area contributed by atoms with Gasteiger partial charge in [-0.15, -0.1) is 0 Å². The van der Waals surface area contributed by atoms with Gasteiger partial charge in [0.2, 0.25) is 5.91 Å². The van der Waals surface area contributed by atoms with E-state index in [-0.39, 0.29) is 23.7 Å². The van der Waals surface area contributed by atoms with Gasteiger partial charge in [0, 0.05) is 86.0 Å². The van der Waals surface area contributed by atoms with Crippen LogP contribution in [0.3, 0.4) is 0 Å². The Labute approximate surface area is 256 Å². The van der Waals surface area contributed by atoms with Gasteiger partial charge in [0.1, 0.15) is 17.6 Å². The molecule has 7 rings (SSSR count). The lowest BCUT2D eigenvalue weighted by Crippen LogP contribution is -2.56. The van der Waals surface area contributed by atoms with Gasteiger partial charge in [-0.25, -0.2) is 4.98 Å². The van der Waals surface area contributed by atoms with Crippen molar-refractivity contribution in [3.63, 3.8) is 0 Å². The van der Waals surface area contributed by atoms with Gasteiger partial charge in [-0.1, -0.05) is 17.0 Å². The van der Waals surface area contributed by atoms with Crippen LogP contribution < -0.4 is 5.32 Å². The van der Waals surface area contributed by atoms with Crippen molar-refractivity contribution >= 4 is 5.91 Å². The highest BCUT2D eigenvalue weighted by atomic mass is 16.7. The van der Waals surface area contributed by atoms with Crippen LogP contribution in [0, 0.1) is 17.3 Å². The first-order valence-corrected chi connectivity index (χ1v) is 15.3. The maximum atomic E-state index is 11.6. The van der Waals surface area contributed by atoms with E-state index < -0.39 is 0 Å². The lowest BCUT2D eigenvalue weighted by Gasteiger charge is -2.46. The highest BCUT2D eigenvalue weighted by Crippen LogP contribution is 2.37. The van der Waals surface area contributed by atoms with Crippen LogP contribution in [0.25, 0.3) is 11.3 Å². The predicted molar refractivity (Wildman–Crippen MR) is 162 cm³/mol. The van der Waals surface area contributed by atoms with Crippen LogP contribution in [0.1, 0.15) is 67.1 Å². The molecule has 3 aliphatic rings. The smallest absolute Gasteiger partial charge is 0.220 e. The molecule has 6 heterocycles. The number of imidazole rings is 1. The van der Waals surface area contributed by atoms with E-state index in [2.05, 4.69) is 37.2 Å². The fourth-order valence-electron chi connectivity index (χ4n) is 6.29. The Morgan fingerprint density at radius 3 is 2.66 bits per heavy atom. The highest BCUT2D eigenvalue weighted by Gasteiger charge is 2.47. The highest BCUT2D eigenvalue weighted by molar-refractivity contribution is 5.79. The number of carbonyl (C=O) groups is 1. The third-order valence-electron chi connectivity index (χ3n) is 8.54. The zero-order valence-electron chi connectivity index (χ0n) is 24.9. The monoisotopic (exact) mass is 592 g/mol. The summed E-state index contributed by atoms with van der Waals surface area (Å²) in [7, 11) is 0. The van der Waals surface area contributed by atoms with E-state index in [1.807, 2.05) is 66.3 Å². The number of ether oxygens (including phenoxy) is 2. The fourth-order valence-corrected chi connectivity index (χ4v) is 6.29. The first-order valence-electron chi connectivity index (χ1n) is 15.3. The van der Waals surface area contributed by atoms with E-state index in [9.17, 15) is 4.79 Å². The largest absolute Gasteiger partial charge is 0.356 e. The lowest BCUT2D eigenvalue weighted by atomic mass is 9.79. The van der Waals surface area contributed by atoms with Crippen molar-refractivity contribution in [2.24, 2.45) is 5.41 Å². The average molecular weight is 593 g/mol. The van der Waals surface area contributed by atoms with Gasteiger partial charge >= 0.3 is 0 Å². The molecule has 226 valence electrons. The quantitative estimate of drug-likeness (QED) is 0.302. The summed E-state index contributed by atoms with van der Waals surface area (Å²) in [6.45, 7) is 6.76. The van der Waals surface area contributed by atoms with Crippen LogP contribution in [0.5, 0.6) is 0 Å². The molecule has 0 aliphatic carbocycles. The third-order valence-corrected chi connectivity index (χ3v) is 8.54. The Hall–Kier alpha value is -4.30. The molecule has 4 aromatic rings. The molecule has 3 aliphatic heterocycles. The second kappa shape index (κ2) is 12.4. The van der Waals surface area contributed by atoms with Crippen LogP contribution in [-0.4, -0.2) is 63.0 Å². The number of hydrogen-bond donors (Lipinski definition) is 1. The number of rotatable bonds is 8. The molecule has 3 aromatic heterocycles. The molecule has 10 nitrogen and oxygen atoms in total. The zero-order chi connectivity index (χ0) is 29.9. The Bertz CT molecular complexity index is 1650. The van der Waals surface area contributed by atoms with Crippen LogP contribution >= 0.6 is 0 Å². The third kappa shape index (κ3) is 6.45. The van der Waals surface area contributed by atoms with Crippen LogP contribution in [0.2, 0.25) is 0 Å². The van der Waals surface area contributed by atoms with Crippen LogP contribution in [0.4, 0.5) is 0 Å². The number of nitrogens with one attached hydrogen (secondary N) is 1. The molecule has 1 unspecified atom stereocenters. The number of nitrogens with zero attached hydrogens (tertiary/aromatic N) is 5. The van der Waals surface area contributed by atoms with Gasteiger partial charge in [-0.2, -0.15) is 0 Å². The molecule has 1 spiro atoms. The van der Waals surface area contributed by atoms with E-state index in [4.69, 9.17) is 14.0 Å². The van der Waals surface area contributed by atoms with Crippen molar-refractivity contribution in [3.05, 3.63) is 89.4 Å². The van der Waals surface area contributed by atoms with Crippen molar-refractivity contribution in [2.75, 3.05) is 26.2 Å². The van der Waals surface area contributed by atoms with E-state index in [1.54, 1.807) is 6.20 Å². The summed E-state index contributed by atoms with van der Waals surface area (Å²) in [5, 5.41) is 7.25. The van der Waals surface area contributed by atoms with Gasteiger partial charge in [-0.3, -0.25) is 14.7 Å². The Balaban J connectivity index is 0.923. The molecule has 1 amide bonds. The summed E-state index contributed by atoms with van der Waals surface area (Å²) in [5.41, 5.74) is 4.66. The number of carbonyl (C=O) groups excluding carboxylic acids is 1. The number of hydrogen-bond acceptors (Lipinski definition) is 8. The maximum Gasteiger partial charge on any atom is 0.220 e. The van der Waals surface area contributed by atoms with E-state index in [0.29, 0.717) is 18.7 Å². The number of aromatic nitrogens is 4. The van der Waals surface area contributed by atoms with Gasteiger partial charge in [-0.05, 0) is 62.6 Å². The molecule has 0 radical (unpaired) electrons. The molecule has 2 atom stereocenters. The molecule has 1 N–H and O–H groups in total. The minimum absolute atomic E-state index is 0.136. The van der Waals surface area contributed by atoms with Gasteiger partial charge in [0.05, 0.1) is 12.2 Å². The minimum atomic E-state index is -0.191. The lowest BCUT2D eigenvalue weighted by molar-refractivity contribution is -0.188. The molecular formula is C34H36N6O4. The molecule has 3 saturated heterocycles. The average Bonchev–Trinajstić information content (AvgIpc) is 3.78. The Morgan fingerprint density at radius 1 is 1.07 bits per heavy atom. The molecule has 10 heteroatoms. The summed E-state index contributed by atoms with van der Waals surface area (Å²) in [4.78, 5) is 23.0.